The van der Waals surface area contributed by atoms with Crippen molar-refractivity contribution in [1.29, 1.82) is 5.26 Å². The van der Waals surface area contributed by atoms with Crippen molar-refractivity contribution in [3.05, 3.63) is 52.7 Å². The van der Waals surface area contributed by atoms with Gasteiger partial charge >= 0.3 is 0 Å². The molecule has 0 spiro atoms. The summed E-state index contributed by atoms with van der Waals surface area (Å²) >= 11 is 3.09. The predicted molar refractivity (Wildman–Crippen MR) is 114 cm³/mol. The average Bonchev–Trinajstić information content (AvgIpc) is 3.34. The third kappa shape index (κ3) is 3.45. The largest absolute Gasteiger partial charge is 0.347 e. The molecule has 0 saturated heterocycles. The molecule has 9 heteroatoms. The zero-order chi connectivity index (χ0) is 19.8. The molecule has 1 aliphatic rings. The summed E-state index contributed by atoms with van der Waals surface area (Å²) in [5.41, 5.74) is 3.60. The molecular weight excluding hydrogens is 402 g/mol. The third-order valence-electron chi connectivity index (χ3n) is 4.76. The minimum atomic E-state index is 0.363. The summed E-state index contributed by atoms with van der Waals surface area (Å²) in [7, 11) is 0. The topological polar surface area (TPSA) is 91.8 Å². The van der Waals surface area contributed by atoms with Gasteiger partial charge in [-0.15, -0.1) is 28.2 Å². The third-order valence-corrected chi connectivity index (χ3v) is 6.38. The number of aromatic nitrogens is 5. The highest BCUT2D eigenvalue weighted by molar-refractivity contribution is 7.98. The van der Waals surface area contributed by atoms with E-state index in [0.29, 0.717) is 34.8 Å². The molecule has 0 unspecified atom stereocenters. The molecule has 3 heterocycles. The summed E-state index contributed by atoms with van der Waals surface area (Å²) in [6.07, 6.45) is 4.08. The van der Waals surface area contributed by atoms with Crippen LogP contribution in [0.3, 0.4) is 0 Å². The molecule has 5 rings (SSSR count). The van der Waals surface area contributed by atoms with E-state index in [9.17, 15) is 5.26 Å². The van der Waals surface area contributed by atoms with E-state index in [-0.39, 0.29) is 0 Å². The van der Waals surface area contributed by atoms with Crippen LogP contribution in [0, 0.1) is 11.3 Å². The maximum atomic E-state index is 9.63. The van der Waals surface area contributed by atoms with E-state index in [1.54, 1.807) is 15.9 Å². The second-order valence-electron chi connectivity index (χ2n) is 6.78. The SMILES string of the molecule is CSc1nc2nc(NCc3csc(-c4ccccc4)n3)nn2c(C2CC2)c1C#N. The highest BCUT2D eigenvalue weighted by atomic mass is 32.2. The molecule has 0 bridgehead atoms. The number of thiazole rings is 1. The van der Waals surface area contributed by atoms with E-state index >= 15 is 0 Å². The molecule has 0 atom stereocenters. The molecular formula is C20H17N7S2. The number of rotatable bonds is 6. The van der Waals surface area contributed by atoms with Gasteiger partial charge in [-0.3, -0.25) is 0 Å². The van der Waals surface area contributed by atoms with Crippen molar-refractivity contribution in [3.8, 4) is 16.6 Å². The fourth-order valence-corrected chi connectivity index (χ4v) is 4.59. The summed E-state index contributed by atoms with van der Waals surface area (Å²) in [5, 5.41) is 21.2. The first-order valence-electron chi connectivity index (χ1n) is 9.25. The van der Waals surface area contributed by atoms with Crippen LogP contribution in [0.25, 0.3) is 16.3 Å². The van der Waals surface area contributed by atoms with Gasteiger partial charge in [0, 0.05) is 16.9 Å². The maximum absolute atomic E-state index is 9.63. The Morgan fingerprint density at radius 3 is 2.79 bits per heavy atom. The Hall–Kier alpha value is -2.96. The normalized spacial score (nSPS) is 13.5. The summed E-state index contributed by atoms with van der Waals surface area (Å²) < 4.78 is 1.73. The first-order valence-corrected chi connectivity index (χ1v) is 11.4. The lowest BCUT2D eigenvalue weighted by Crippen LogP contribution is -2.06. The number of anilines is 1. The Morgan fingerprint density at radius 1 is 1.24 bits per heavy atom. The number of nitrogens with zero attached hydrogens (tertiary/aromatic N) is 6. The fourth-order valence-electron chi connectivity index (χ4n) is 3.23. The molecule has 4 aromatic rings. The van der Waals surface area contributed by atoms with Gasteiger partial charge in [0.15, 0.2) is 0 Å². The van der Waals surface area contributed by atoms with Crippen LogP contribution in [-0.4, -0.2) is 30.8 Å². The molecule has 0 amide bonds. The van der Waals surface area contributed by atoms with E-state index in [0.717, 1.165) is 34.8 Å². The van der Waals surface area contributed by atoms with Crippen molar-refractivity contribution < 1.29 is 0 Å². The number of benzene rings is 1. The molecule has 144 valence electrons. The van der Waals surface area contributed by atoms with E-state index < -0.39 is 0 Å². The van der Waals surface area contributed by atoms with E-state index in [2.05, 4.69) is 38.6 Å². The highest BCUT2D eigenvalue weighted by Crippen LogP contribution is 2.43. The number of hydrogen-bond acceptors (Lipinski definition) is 8. The molecule has 1 aliphatic carbocycles. The monoisotopic (exact) mass is 419 g/mol. The summed E-state index contributed by atoms with van der Waals surface area (Å²) in [6, 6.07) is 12.4. The second-order valence-corrected chi connectivity index (χ2v) is 8.43. The number of thioether (sulfide) groups is 1. The van der Waals surface area contributed by atoms with E-state index in [4.69, 9.17) is 4.98 Å². The molecule has 7 nitrogen and oxygen atoms in total. The molecule has 0 aliphatic heterocycles. The van der Waals surface area contributed by atoms with E-state index in [1.807, 2.05) is 29.8 Å². The van der Waals surface area contributed by atoms with Crippen molar-refractivity contribution in [1.82, 2.24) is 24.6 Å². The van der Waals surface area contributed by atoms with Gasteiger partial charge in [-0.05, 0) is 19.1 Å². The van der Waals surface area contributed by atoms with Crippen LogP contribution in [0.15, 0.2) is 40.7 Å². The molecule has 0 radical (unpaired) electrons. The number of nitriles is 1. The standard InChI is InChI=1S/C20H17N7S2/c1-28-18-15(9-21)16(12-7-8-12)27-20(24-18)25-19(26-27)22-10-14-11-29-17(23-14)13-5-3-2-4-6-13/h2-6,11-12H,7-8,10H2,1H3,(H,22,26). The Kier molecular flexibility index (Phi) is 4.66. The molecule has 29 heavy (non-hydrogen) atoms. The summed E-state index contributed by atoms with van der Waals surface area (Å²) in [6.45, 7) is 0.527. The van der Waals surface area contributed by atoms with Crippen molar-refractivity contribution in [2.75, 3.05) is 11.6 Å². The Bertz CT molecular complexity index is 1220. The van der Waals surface area contributed by atoms with Gasteiger partial charge < -0.3 is 5.32 Å². The van der Waals surface area contributed by atoms with Crippen LogP contribution < -0.4 is 5.32 Å². The smallest absolute Gasteiger partial charge is 0.255 e. The first-order chi connectivity index (χ1) is 14.3. The summed E-state index contributed by atoms with van der Waals surface area (Å²) in [4.78, 5) is 13.8. The Balaban J connectivity index is 1.41. The van der Waals surface area contributed by atoms with Crippen LogP contribution in [0.1, 0.15) is 35.7 Å². The zero-order valence-corrected chi connectivity index (χ0v) is 17.3. The van der Waals surface area contributed by atoms with Crippen LogP contribution in [-0.2, 0) is 6.54 Å². The van der Waals surface area contributed by atoms with Crippen LogP contribution in [0.5, 0.6) is 0 Å². The lowest BCUT2D eigenvalue weighted by molar-refractivity contribution is 0.814. The quantitative estimate of drug-likeness (QED) is 0.367. The predicted octanol–water partition coefficient (Wildman–Crippen LogP) is 4.33. The number of fused-ring (bicyclic) bond motifs is 1. The minimum Gasteiger partial charge on any atom is -0.347 e. The van der Waals surface area contributed by atoms with Gasteiger partial charge in [0.05, 0.1) is 17.9 Å². The van der Waals surface area contributed by atoms with E-state index in [1.165, 1.54) is 11.8 Å². The number of hydrogen-bond donors (Lipinski definition) is 1. The lowest BCUT2D eigenvalue weighted by atomic mass is 10.2. The van der Waals surface area contributed by atoms with Gasteiger partial charge in [-0.1, -0.05) is 30.3 Å². The molecule has 1 N–H and O–H groups in total. The Labute approximate surface area is 175 Å². The minimum absolute atomic E-state index is 0.363. The van der Waals surface area contributed by atoms with Crippen LogP contribution >= 0.6 is 23.1 Å². The van der Waals surface area contributed by atoms with Crippen molar-refractivity contribution in [2.24, 2.45) is 0 Å². The van der Waals surface area contributed by atoms with Crippen LogP contribution in [0.2, 0.25) is 0 Å². The Morgan fingerprint density at radius 2 is 2.07 bits per heavy atom. The van der Waals surface area contributed by atoms with Gasteiger partial charge in [0.1, 0.15) is 21.7 Å². The summed E-state index contributed by atoms with van der Waals surface area (Å²) in [5.74, 6) is 1.39. The second kappa shape index (κ2) is 7.46. The van der Waals surface area contributed by atoms with Gasteiger partial charge in [-0.25, -0.2) is 9.97 Å². The highest BCUT2D eigenvalue weighted by Gasteiger charge is 2.32. The van der Waals surface area contributed by atoms with Crippen molar-refractivity contribution in [3.63, 3.8) is 0 Å². The van der Waals surface area contributed by atoms with Crippen molar-refractivity contribution in [2.45, 2.75) is 30.3 Å². The number of nitrogens with one attached hydrogen (secondary N) is 1. The molecule has 1 fully saturated rings. The van der Waals surface area contributed by atoms with Crippen molar-refractivity contribution >= 4 is 34.8 Å². The average molecular weight is 420 g/mol. The molecule has 1 saturated carbocycles. The maximum Gasteiger partial charge on any atom is 0.255 e. The van der Waals surface area contributed by atoms with Crippen LogP contribution in [0.4, 0.5) is 5.95 Å². The molecule has 3 aromatic heterocycles. The molecule has 1 aromatic carbocycles. The van der Waals surface area contributed by atoms with Gasteiger partial charge in [0.2, 0.25) is 5.95 Å². The zero-order valence-electron chi connectivity index (χ0n) is 15.7. The lowest BCUT2D eigenvalue weighted by Gasteiger charge is -2.07. The first kappa shape index (κ1) is 18.1. The van der Waals surface area contributed by atoms with Gasteiger partial charge in [0.25, 0.3) is 5.78 Å². The fraction of sp³-hybridized carbons (Fsp3) is 0.250. The van der Waals surface area contributed by atoms with Gasteiger partial charge in [-0.2, -0.15) is 14.8 Å².